The zero-order valence-electron chi connectivity index (χ0n) is 12.3. The highest BCUT2D eigenvalue weighted by Gasteiger charge is 2.32. The second-order valence-corrected chi connectivity index (χ2v) is 5.87. The average Bonchev–Trinajstić information content (AvgIpc) is 2.63. The maximum atomic E-state index is 12.4. The van der Waals surface area contributed by atoms with E-state index in [0.29, 0.717) is 19.5 Å². The lowest BCUT2D eigenvalue weighted by molar-refractivity contribution is -0.152. The Bertz CT molecular complexity index is 362. The lowest BCUT2D eigenvalue weighted by atomic mass is 10.0. The predicted molar refractivity (Wildman–Crippen MR) is 75.5 cm³/mol. The number of carboxylic acid groups (broad SMARTS) is 1. The number of carbonyl (C=O) groups excluding carboxylic acids is 1. The SMILES string of the molecule is CN1CCCN(CC(=O)N2CCCCC2C(=O)O)CC1. The second-order valence-electron chi connectivity index (χ2n) is 5.87. The molecule has 2 aliphatic rings. The number of piperidine rings is 1. The number of carbonyl (C=O) groups is 2. The molecule has 1 unspecified atom stereocenters. The van der Waals surface area contributed by atoms with Crippen LogP contribution in [0.2, 0.25) is 0 Å². The fourth-order valence-corrected chi connectivity index (χ4v) is 3.03. The highest BCUT2D eigenvalue weighted by atomic mass is 16.4. The molecule has 6 heteroatoms. The van der Waals surface area contributed by atoms with Crippen LogP contribution in [0.15, 0.2) is 0 Å². The molecule has 2 fully saturated rings. The highest BCUT2D eigenvalue weighted by molar-refractivity contribution is 5.85. The van der Waals surface area contributed by atoms with Gasteiger partial charge in [0.2, 0.25) is 5.91 Å². The number of amides is 1. The summed E-state index contributed by atoms with van der Waals surface area (Å²) in [6.45, 7) is 4.78. The first kappa shape index (κ1) is 15.3. The number of aliphatic carboxylic acids is 1. The van der Waals surface area contributed by atoms with Gasteiger partial charge in [0, 0.05) is 19.6 Å². The maximum Gasteiger partial charge on any atom is 0.326 e. The van der Waals surface area contributed by atoms with Gasteiger partial charge in [-0.3, -0.25) is 9.69 Å². The van der Waals surface area contributed by atoms with Crippen LogP contribution in [-0.4, -0.2) is 84.0 Å². The van der Waals surface area contributed by atoms with Gasteiger partial charge in [0.15, 0.2) is 0 Å². The van der Waals surface area contributed by atoms with Crippen LogP contribution in [-0.2, 0) is 9.59 Å². The van der Waals surface area contributed by atoms with Gasteiger partial charge in [-0.25, -0.2) is 4.79 Å². The molecule has 2 aliphatic heterocycles. The van der Waals surface area contributed by atoms with Gasteiger partial charge >= 0.3 is 5.97 Å². The summed E-state index contributed by atoms with van der Waals surface area (Å²) in [5, 5.41) is 9.23. The number of rotatable bonds is 3. The summed E-state index contributed by atoms with van der Waals surface area (Å²) in [6, 6.07) is -0.620. The molecule has 0 aromatic carbocycles. The molecule has 0 aromatic rings. The molecule has 0 radical (unpaired) electrons. The molecule has 1 amide bonds. The summed E-state index contributed by atoms with van der Waals surface area (Å²) >= 11 is 0. The molecule has 20 heavy (non-hydrogen) atoms. The molecule has 2 rings (SSSR count). The van der Waals surface area contributed by atoms with Gasteiger partial charge in [-0.2, -0.15) is 0 Å². The first-order valence-corrected chi connectivity index (χ1v) is 7.51. The van der Waals surface area contributed by atoms with Crippen LogP contribution in [0.4, 0.5) is 0 Å². The van der Waals surface area contributed by atoms with Crippen molar-refractivity contribution in [3.05, 3.63) is 0 Å². The van der Waals surface area contributed by atoms with E-state index in [1.165, 1.54) is 0 Å². The van der Waals surface area contributed by atoms with Crippen molar-refractivity contribution >= 4 is 11.9 Å². The quantitative estimate of drug-likeness (QED) is 0.795. The van der Waals surface area contributed by atoms with Crippen molar-refractivity contribution in [2.45, 2.75) is 31.7 Å². The van der Waals surface area contributed by atoms with Crippen LogP contribution in [0.5, 0.6) is 0 Å². The van der Waals surface area contributed by atoms with Crippen molar-refractivity contribution in [2.75, 3.05) is 46.3 Å². The second kappa shape index (κ2) is 7.04. The van der Waals surface area contributed by atoms with Crippen LogP contribution in [0.3, 0.4) is 0 Å². The largest absolute Gasteiger partial charge is 0.480 e. The minimum Gasteiger partial charge on any atom is -0.480 e. The van der Waals surface area contributed by atoms with Crippen molar-refractivity contribution in [1.29, 1.82) is 0 Å². The first-order valence-electron chi connectivity index (χ1n) is 7.51. The van der Waals surface area contributed by atoms with Gasteiger partial charge in [0.1, 0.15) is 6.04 Å². The Morgan fingerprint density at radius 2 is 1.85 bits per heavy atom. The van der Waals surface area contributed by atoms with E-state index in [1.807, 2.05) is 0 Å². The number of likely N-dealkylation sites (tertiary alicyclic amines) is 1. The molecule has 0 bridgehead atoms. The topological polar surface area (TPSA) is 64.1 Å². The third-order valence-corrected chi connectivity index (χ3v) is 4.28. The number of nitrogens with zero attached hydrogens (tertiary/aromatic N) is 3. The Kier molecular flexibility index (Phi) is 5.37. The molecule has 114 valence electrons. The Hall–Kier alpha value is -1.14. The number of hydrogen-bond acceptors (Lipinski definition) is 4. The van der Waals surface area contributed by atoms with E-state index >= 15 is 0 Å². The fraction of sp³-hybridized carbons (Fsp3) is 0.857. The molecule has 2 heterocycles. The average molecular weight is 283 g/mol. The van der Waals surface area contributed by atoms with Crippen molar-refractivity contribution in [3.63, 3.8) is 0 Å². The number of hydrogen-bond donors (Lipinski definition) is 1. The van der Waals surface area contributed by atoms with Crippen LogP contribution in [0.25, 0.3) is 0 Å². The first-order chi connectivity index (χ1) is 9.58. The molecule has 1 atom stereocenters. The van der Waals surface area contributed by atoms with Gasteiger partial charge in [-0.1, -0.05) is 0 Å². The molecular formula is C14H25N3O3. The summed E-state index contributed by atoms with van der Waals surface area (Å²) < 4.78 is 0. The lowest BCUT2D eigenvalue weighted by Crippen LogP contribution is -2.51. The normalized spacial score (nSPS) is 26.2. The summed E-state index contributed by atoms with van der Waals surface area (Å²) in [6.07, 6.45) is 3.46. The summed E-state index contributed by atoms with van der Waals surface area (Å²) in [4.78, 5) is 29.6. The van der Waals surface area contributed by atoms with Crippen molar-refractivity contribution in [3.8, 4) is 0 Å². The van der Waals surface area contributed by atoms with Gasteiger partial charge in [-0.05, 0) is 45.8 Å². The molecule has 0 aliphatic carbocycles. The van der Waals surface area contributed by atoms with Gasteiger partial charge in [-0.15, -0.1) is 0 Å². The van der Waals surface area contributed by atoms with Gasteiger partial charge in [0.05, 0.1) is 6.54 Å². The van der Waals surface area contributed by atoms with E-state index in [0.717, 1.165) is 45.4 Å². The molecule has 0 saturated carbocycles. The minimum absolute atomic E-state index is 0.0262. The van der Waals surface area contributed by atoms with Crippen molar-refractivity contribution in [2.24, 2.45) is 0 Å². The van der Waals surface area contributed by atoms with Crippen LogP contribution in [0.1, 0.15) is 25.7 Å². The van der Waals surface area contributed by atoms with E-state index < -0.39 is 12.0 Å². The standard InChI is InChI=1S/C14H25N3O3/c1-15-6-4-7-16(10-9-15)11-13(18)17-8-3-2-5-12(17)14(19)20/h12H,2-11H2,1H3,(H,19,20). The molecule has 6 nitrogen and oxygen atoms in total. The van der Waals surface area contributed by atoms with E-state index in [1.54, 1.807) is 4.90 Å². The fourth-order valence-electron chi connectivity index (χ4n) is 3.03. The zero-order valence-corrected chi connectivity index (χ0v) is 12.3. The monoisotopic (exact) mass is 283 g/mol. The molecule has 1 N–H and O–H groups in total. The molecule has 0 aromatic heterocycles. The van der Waals surface area contributed by atoms with Crippen LogP contribution < -0.4 is 0 Å². The van der Waals surface area contributed by atoms with Crippen molar-refractivity contribution < 1.29 is 14.7 Å². The van der Waals surface area contributed by atoms with E-state index in [4.69, 9.17) is 0 Å². The van der Waals surface area contributed by atoms with Crippen molar-refractivity contribution in [1.82, 2.24) is 14.7 Å². The Labute approximate surface area is 120 Å². The summed E-state index contributed by atoms with van der Waals surface area (Å²) in [7, 11) is 2.09. The van der Waals surface area contributed by atoms with Crippen LogP contribution in [0, 0.1) is 0 Å². The van der Waals surface area contributed by atoms with Gasteiger partial charge < -0.3 is 14.9 Å². The Morgan fingerprint density at radius 3 is 2.60 bits per heavy atom. The van der Waals surface area contributed by atoms with E-state index in [9.17, 15) is 14.7 Å². The number of likely N-dealkylation sites (N-methyl/N-ethyl adjacent to an activating group) is 1. The Balaban J connectivity index is 1.90. The minimum atomic E-state index is -0.867. The van der Waals surface area contributed by atoms with Crippen LogP contribution >= 0.6 is 0 Å². The zero-order chi connectivity index (χ0) is 14.5. The molecular weight excluding hydrogens is 258 g/mol. The summed E-state index contributed by atoms with van der Waals surface area (Å²) in [5.41, 5.74) is 0. The highest BCUT2D eigenvalue weighted by Crippen LogP contribution is 2.17. The van der Waals surface area contributed by atoms with Gasteiger partial charge in [0.25, 0.3) is 0 Å². The lowest BCUT2D eigenvalue weighted by Gasteiger charge is -2.34. The smallest absolute Gasteiger partial charge is 0.326 e. The maximum absolute atomic E-state index is 12.4. The molecule has 2 saturated heterocycles. The number of carboxylic acids is 1. The molecule has 0 spiro atoms. The van der Waals surface area contributed by atoms with E-state index in [2.05, 4.69) is 16.8 Å². The van der Waals surface area contributed by atoms with E-state index in [-0.39, 0.29) is 5.91 Å². The third kappa shape index (κ3) is 3.93. The predicted octanol–water partition coefficient (Wildman–Crippen LogP) is 0.0896. The Morgan fingerprint density at radius 1 is 1.05 bits per heavy atom. The third-order valence-electron chi connectivity index (χ3n) is 4.28. The summed E-state index contributed by atoms with van der Waals surface area (Å²) in [5.74, 6) is -0.893.